The standard InChI is InChI=1S/C14H15NO2/c16-13-7-4-8-14(17)12(13)10-15-9-11-5-2-1-3-6-11/h1-3,5-6,10,16H,4,7-9H2. The first kappa shape index (κ1) is 11.6. The topological polar surface area (TPSA) is 49.7 Å². The fourth-order valence-electron chi connectivity index (χ4n) is 1.82. The Balaban J connectivity index is 2.03. The molecule has 0 unspecified atom stereocenters. The summed E-state index contributed by atoms with van der Waals surface area (Å²) in [7, 11) is 0. The Morgan fingerprint density at radius 3 is 2.71 bits per heavy atom. The summed E-state index contributed by atoms with van der Waals surface area (Å²) in [5.41, 5.74) is 1.47. The third-order valence-corrected chi connectivity index (χ3v) is 2.77. The molecule has 0 fully saturated rings. The third-order valence-electron chi connectivity index (χ3n) is 2.77. The van der Waals surface area contributed by atoms with Crippen LogP contribution in [0.3, 0.4) is 0 Å². The summed E-state index contributed by atoms with van der Waals surface area (Å²) in [6.45, 7) is 0.533. The van der Waals surface area contributed by atoms with Gasteiger partial charge in [-0.1, -0.05) is 30.3 Å². The van der Waals surface area contributed by atoms with Crippen molar-refractivity contribution in [3.05, 3.63) is 47.2 Å². The minimum absolute atomic E-state index is 0.00874. The van der Waals surface area contributed by atoms with Crippen molar-refractivity contribution in [1.29, 1.82) is 0 Å². The average Bonchev–Trinajstić information content (AvgIpc) is 2.34. The van der Waals surface area contributed by atoms with Crippen molar-refractivity contribution in [1.82, 2.24) is 0 Å². The van der Waals surface area contributed by atoms with Gasteiger partial charge in [-0.05, 0) is 12.0 Å². The highest BCUT2D eigenvalue weighted by Crippen LogP contribution is 2.18. The highest BCUT2D eigenvalue weighted by molar-refractivity contribution is 6.14. The number of benzene rings is 1. The minimum atomic E-state index is -0.00874. The van der Waals surface area contributed by atoms with E-state index in [2.05, 4.69) is 4.99 Å². The van der Waals surface area contributed by atoms with Gasteiger partial charge in [0.05, 0.1) is 12.1 Å². The number of allylic oxidation sites excluding steroid dienone is 2. The van der Waals surface area contributed by atoms with Crippen LogP contribution in [0.2, 0.25) is 0 Å². The number of aliphatic hydroxyl groups excluding tert-OH is 1. The van der Waals surface area contributed by atoms with Crippen LogP contribution < -0.4 is 0 Å². The molecule has 0 aliphatic heterocycles. The molecule has 1 aliphatic rings. The van der Waals surface area contributed by atoms with Gasteiger partial charge < -0.3 is 5.11 Å². The molecule has 1 aromatic carbocycles. The first-order valence-corrected chi connectivity index (χ1v) is 5.76. The summed E-state index contributed by atoms with van der Waals surface area (Å²) in [6, 6.07) is 9.81. The van der Waals surface area contributed by atoms with Gasteiger partial charge in [0.1, 0.15) is 5.76 Å². The Kier molecular flexibility index (Phi) is 3.70. The number of carbonyl (C=O) groups is 1. The highest BCUT2D eigenvalue weighted by Gasteiger charge is 2.17. The molecular formula is C14H15NO2. The molecule has 0 radical (unpaired) electrons. The van der Waals surface area contributed by atoms with Gasteiger partial charge in [0.25, 0.3) is 0 Å². The van der Waals surface area contributed by atoms with E-state index in [0.29, 0.717) is 25.0 Å². The van der Waals surface area contributed by atoms with Crippen LogP contribution >= 0.6 is 0 Å². The lowest BCUT2D eigenvalue weighted by atomic mass is 9.97. The monoisotopic (exact) mass is 229 g/mol. The second-order valence-electron chi connectivity index (χ2n) is 4.09. The smallest absolute Gasteiger partial charge is 0.167 e. The average molecular weight is 229 g/mol. The largest absolute Gasteiger partial charge is 0.512 e. The fraction of sp³-hybridized carbons (Fsp3) is 0.286. The van der Waals surface area contributed by atoms with Crippen molar-refractivity contribution < 1.29 is 9.90 Å². The maximum absolute atomic E-state index is 11.5. The lowest BCUT2D eigenvalue weighted by Gasteiger charge is -2.11. The molecular weight excluding hydrogens is 214 g/mol. The number of hydrogen-bond donors (Lipinski definition) is 1. The molecule has 3 nitrogen and oxygen atoms in total. The Hall–Kier alpha value is -1.90. The Morgan fingerprint density at radius 1 is 1.24 bits per heavy atom. The molecule has 0 saturated heterocycles. The molecule has 0 amide bonds. The van der Waals surface area contributed by atoms with Gasteiger partial charge in [-0.15, -0.1) is 0 Å². The highest BCUT2D eigenvalue weighted by atomic mass is 16.3. The van der Waals surface area contributed by atoms with Crippen molar-refractivity contribution in [3.63, 3.8) is 0 Å². The van der Waals surface area contributed by atoms with E-state index in [1.807, 2.05) is 30.3 Å². The quantitative estimate of drug-likeness (QED) is 0.810. The number of Topliss-reactive ketones (excluding diaryl/α,β-unsaturated/α-hetero) is 1. The summed E-state index contributed by atoms with van der Waals surface area (Å²) >= 11 is 0. The maximum Gasteiger partial charge on any atom is 0.167 e. The van der Waals surface area contributed by atoms with Crippen LogP contribution in [-0.4, -0.2) is 17.1 Å². The van der Waals surface area contributed by atoms with Gasteiger partial charge >= 0.3 is 0 Å². The van der Waals surface area contributed by atoms with E-state index < -0.39 is 0 Å². The zero-order chi connectivity index (χ0) is 12.1. The molecule has 0 aromatic heterocycles. The summed E-state index contributed by atoms with van der Waals surface area (Å²) in [4.78, 5) is 15.7. The molecule has 3 heteroatoms. The molecule has 17 heavy (non-hydrogen) atoms. The molecule has 0 bridgehead atoms. The normalized spacial score (nSPS) is 16.8. The van der Waals surface area contributed by atoms with Crippen LogP contribution in [0.25, 0.3) is 0 Å². The predicted octanol–water partition coefficient (Wildman–Crippen LogP) is 2.82. The van der Waals surface area contributed by atoms with Crippen LogP contribution in [0, 0.1) is 0 Å². The number of aliphatic imine (C=N–C) groups is 1. The van der Waals surface area contributed by atoms with Gasteiger partial charge in [-0.3, -0.25) is 9.79 Å². The van der Waals surface area contributed by atoms with Crippen LogP contribution in [-0.2, 0) is 11.3 Å². The third kappa shape index (κ3) is 3.03. The maximum atomic E-state index is 11.5. The lowest BCUT2D eigenvalue weighted by Crippen LogP contribution is -2.12. The van der Waals surface area contributed by atoms with Crippen LogP contribution in [0.4, 0.5) is 0 Å². The van der Waals surface area contributed by atoms with Crippen molar-refractivity contribution in [2.45, 2.75) is 25.8 Å². The van der Waals surface area contributed by atoms with E-state index in [0.717, 1.165) is 12.0 Å². The first-order valence-electron chi connectivity index (χ1n) is 5.76. The number of ketones is 1. The molecule has 0 spiro atoms. The van der Waals surface area contributed by atoms with Crippen molar-refractivity contribution in [2.75, 3.05) is 0 Å². The summed E-state index contributed by atoms with van der Waals surface area (Å²) < 4.78 is 0. The minimum Gasteiger partial charge on any atom is -0.512 e. The van der Waals surface area contributed by atoms with Crippen LogP contribution in [0.5, 0.6) is 0 Å². The molecule has 1 aliphatic carbocycles. The van der Waals surface area contributed by atoms with Crippen LogP contribution in [0.15, 0.2) is 46.7 Å². The Morgan fingerprint density at radius 2 is 2.00 bits per heavy atom. The second kappa shape index (κ2) is 5.43. The van der Waals surface area contributed by atoms with E-state index >= 15 is 0 Å². The molecule has 1 N–H and O–H groups in total. The lowest BCUT2D eigenvalue weighted by molar-refractivity contribution is -0.115. The number of aliphatic hydroxyl groups is 1. The first-order chi connectivity index (χ1) is 8.27. The summed E-state index contributed by atoms with van der Waals surface area (Å²) in [5, 5.41) is 9.60. The van der Waals surface area contributed by atoms with E-state index in [4.69, 9.17) is 0 Å². The molecule has 1 aromatic rings. The fourth-order valence-corrected chi connectivity index (χ4v) is 1.82. The second-order valence-corrected chi connectivity index (χ2v) is 4.09. The molecule has 0 saturated carbocycles. The SMILES string of the molecule is O=C1CCCC(O)=C1C=NCc1ccccc1. The van der Waals surface area contributed by atoms with Gasteiger partial charge in [0.15, 0.2) is 5.78 Å². The number of rotatable bonds is 3. The zero-order valence-electron chi connectivity index (χ0n) is 9.60. The predicted molar refractivity (Wildman–Crippen MR) is 67.2 cm³/mol. The number of hydrogen-bond acceptors (Lipinski definition) is 3. The molecule has 0 heterocycles. The zero-order valence-corrected chi connectivity index (χ0v) is 9.60. The van der Waals surface area contributed by atoms with Crippen molar-refractivity contribution in [3.8, 4) is 0 Å². The van der Waals surface area contributed by atoms with E-state index in [1.54, 1.807) is 0 Å². The van der Waals surface area contributed by atoms with Gasteiger partial charge in [-0.25, -0.2) is 0 Å². The summed E-state index contributed by atoms with van der Waals surface area (Å²) in [5.74, 6) is 0.170. The summed E-state index contributed by atoms with van der Waals surface area (Å²) in [6.07, 6.45) is 3.33. The van der Waals surface area contributed by atoms with E-state index in [9.17, 15) is 9.90 Å². The van der Waals surface area contributed by atoms with Crippen molar-refractivity contribution >= 4 is 12.0 Å². The Bertz CT molecular complexity index is 460. The van der Waals surface area contributed by atoms with E-state index in [-0.39, 0.29) is 11.5 Å². The molecule has 2 rings (SSSR count). The van der Waals surface area contributed by atoms with Crippen molar-refractivity contribution in [2.24, 2.45) is 4.99 Å². The molecule has 0 atom stereocenters. The molecule has 88 valence electrons. The van der Waals surface area contributed by atoms with Gasteiger partial charge in [0, 0.05) is 19.1 Å². The van der Waals surface area contributed by atoms with Gasteiger partial charge in [0.2, 0.25) is 0 Å². The number of carbonyl (C=O) groups excluding carboxylic acids is 1. The van der Waals surface area contributed by atoms with Gasteiger partial charge in [-0.2, -0.15) is 0 Å². The number of nitrogens with zero attached hydrogens (tertiary/aromatic N) is 1. The van der Waals surface area contributed by atoms with E-state index in [1.165, 1.54) is 6.21 Å². The Labute approximate surface area is 101 Å². The van der Waals surface area contributed by atoms with Crippen LogP contribution in [0.1, 0.15) is 24.8 Å².